The van der Waals surface area contributed by atoms with Crippen LogP contribution < -0.4 is 16.1 Å². The average Bonchev–Trinajstić information content (AvgIpc) is 2.34. The van der Waals surface area contributed by atoms with Crippen molar-refractivity contribution in [3.8, 4) is 0 Å². The van der Waals surface area contributed by atoms with Crippen molar-refractivity contribution in [3.63, 3.8) is 0 Å². The van der Waals surface area contributed by atoms with E-state index in [0.29, 0.717) is 5.69 Å². The van der Waals surface area contributed by atoms with Crippen molar-refractivity contribution in [1.29, 1.82) is 0 Å². The fourth-order valence-corrected chi connectivity index (χ4v) is 0.898. The number of fused-ring (bicyclic) bond motifs is 1. The summed E-state index contributed by atoms with van der Waals surface area (Å²) in [7, 11) is 0. The van der Waals surface area contributed by atoms with Gasteiger partial charge >= 0.3 is 0 Å². The van der Waals surface area contributed by atoms with E-state index in [9.17, 15) is 0 Å². The van der Waals surface area contributed by atoms with Gasteiger partial charge in [-0.3, -0.25) is 10.6 Å². The van der Waals surface area contributed by atoms with Crippen molar-refractivity contribution in [2.24, 2.45) is 0 Å². The minimum Gasteiger partial charge on any atom is -0.280 e. The minimum absolute atomic E-state index is 0.683. The number of nitrogens with zero attached hydrogens (tertiary/aromatic N) is 2. The SMILES string of the molecule is ON1[N]Nc2ccccc21. The van der Waals surface area contributed by atoms with Crippen LogP contribution in [0, 0.1) is 0 Å². The fraction of sp³-hybridized carbons (Fsp3) is 0. The van der Waals surface area contributed by atoms with Gasteiger partial charge < -0.3 is 0 Å². The van der Waals surface area contributed by atoms with Crippen LogP contribution in [0.3, 0.4) is 0 Å². The number of benzene rings is 1. The third-order valence-corrected chi connectivity index (χ3v) is 1.38. The number of nitrogens with one attached hydrogen (secondary N) is 1. The van der Waals surface area contributed by atoms with Gasteiger partial charge in [0, 0.05) is 5.53 Å². The summed E-state index contributed by atoms with van der Waals surface area (Å²) in [5.41, 5.74) is 7.70. The predicted octanol–water partition coefficient (Wildman–Crippen LogP) is 0.742. The Bertz CT molecular complexity index is 251. The van der Waals surface area contributed by atoms with E-state index in [1.807, 2.05) is 18.2 Å². The molecule has 0 aromatic heterocycles. The average molecular weight is 136 g/mol. The summed E-state index contributed by atoms with van der Waals surface area (Å²) in [6.45, 7) is 0. The molecule has 0 saturated carbocycles. The van der Waals surface area contributed by atoms with Gasteiger partial charge in [0.2, 0.25) is 0 Å². The van der Waals surface area contributed by atoms with E-state index in [-0.39, 0.29) is 0 Å². The van der Waals surface area contributed by atoms with E-state index in [4.69, 9.17) is 5.21 Å². The molecule has 2 N–H and O–H groups in total. The maximum atomic E-state index is 8.99. The summed E-state index contributed by atoms with van der Waals surface area (Å²) in [5.74, 6) is 0. The van der Waals surface area contributed by atoms with E-state index in [1.165, 1.54) is 0 Å². The molecule has 10 heavy (non-hydrogen) atoms. The smallest absolute Gasteiger partial charge is 0.110 e. The quantitative estimate of drug-likeness (QED) is 0.553. The van der Waals surface area contributed by atoms with Gasteiger partial charge in [-0.25, -0.2) is 0 Å². The van der Waals surface area contributed by atoms with Gasteiger partial charge in [-0.1, -0.05) is 12.1 Å². The van der Waals surface area contributed by atoms with Crippen LogP contribution in [0.2, 0.25) is 0 Å². The zero-order chi connectivity index (χ0) is 6.97. The van der Waals surface area contributed by atoms with Crippen molar-refractivity contribution in [3.05, 3.63) is 24.3 Å². The number of rotatable bonds is 0. The van der Waals surface area contributed by atoms with Gasteiger partial charge in [0.05, 0.1) is 5.69 Å². The molecule has 0 bridgehead atoms. The Kier molecular flexibility index (Phi) is 1.03. The van der Waals surface area contributed by atoms with Gasteiger partial charge in [-0.05, 0) is 12.1 Å². The molecule has 1 aliphatic rings. The molecule has 4 nitrogen and oxygen atoms in total. The molecule has 1 aromatic carbocycles. The first-order valence-corrected chi connectivity index (χ1v) is 2.92. The second kappa shape index (κ2) is 1.86. The van der Waals surface area contributed by atoms with Crippen molar-refractivity contribution < 1.29 is 5.21 Å². The van der Waals surface area contributed by atoms with Gasteiger partial charge in [-0.2, -0.15) is 0 Å². The highest BCUT2D eigenvalue weighted by molar-refractivity contribution is 5.71. The molecule has 2 rings (SSSR count). The van der Waals surface area contributed by atoms with Gasteiger partial charge in [0.25, 0.3) is 0 Å². The van der Waals surface area contributed by atoms with Crippen LogP contribution in [0.4, 0.5) is 11.4 Å². The Hall–Kier alpha value is -1.26. The highest BCUT2D eigenvalue weighted by Gasteiger charge is 2.16. The lowest BCUT2D eigenvalue weighted by Gasteiger charge is -2.02. The molecule has 1 heterocycles. The van der Waals surface area contributed by atoms with Crippen molar-refractivity contribution in [2.75, 3.05) is 10.6 Å². The molecule has 0 unspecified atom stereocenters. The van der Waals surface area contributed by atoms with Crippen LogP contribution in [0.15, 0.2) is 24.3 Å². The molecule has 0 atom stereocenters. The summed E-state index contributed by atoms with van der Waals surface area (Å²) in [6, 6.07) is 7.33. The van der Waals surface area contributed by atoms with Crippen LogP contribution in [0.1, 0.15) is 0 Å². The Labute approximate surface area is 58.0 Å². The van der Waals surface area contributed by atoms with E-state index < -0.39 is 0 Å². The summed E-state index contributed by atoms with van der Waals surface area (Å²) < 4.78 is 0. The molecule has 4 heteroatoms. The monoisotopic (exact) mass is 136 g/mol. The Morgan fingerprint density at radius 1 is 1.40 bits per heavy atom. The summed E-state index contributed by atoms with van der Waals surface area (Å²) in [6.07, 6.45) is 0. The number of hydrogen-bond acceptors (Lipinski definition) is 3. The highest BCUT2D eigenvalue weighted by atomic mass is 16.6. The molecule has 0 aliphatic carbocycles. The zero-order valence-corrected chi connectivity index (χ0v) is 5.15. The summed E-state index contributed by atoms with van der Waals surface area (Å²) in [5, 5.41) is 9.80. The number of anilines is 2. The molecular weight excluding hydrogens is 130 g/mol. The lowest BCUT2D eigenvalue weighted by Crippen LogP contribution is -2.24. The Morgan fingerprint density at radius 3 is 3.00 bits per heavy atom. The molecule has 1 radical (unpaired) electrons. The van der Waals surface area contributed by atoms with Gasteiger partial charge in [-0.15, -0.1) is 5.17 Å². The van der Waals surface area contributed by atoms with Crippen LogP contribution in [-0.2, 0) is 0 Å². The third kappa shape index (κ3) is 0.632. The van der Waals surface area contributed by atoms with Crippen LogP contribution in [-0.4, -0.2) is 5.21 Å². The minimum atomic E-state index is 0.683. The van der Waals surface area contributed by atoms with Crippen LogP contribution >= 0.6 is 0 Å². The highest BCUT2D eigenvalue weighted by Crippen LogP contribution is 2.26. The van der Waals surface area contributed by atoms with Crippen molar-refractivity contribution in [1.82, 2.24) is 5.53 Å². The largest absolute Gasteiger partial charge is 0.280 e. The summed E-state index contributed by atoms with van der Waals surface area (Å²) >= 11 is 0. The molecule has 1 aliphatic heterocycles. The maximum Gasteiger partial charge on any atom is 0.110 e. The Balaban J connectivity index is 2.51. The normalized spacial score (nSPS) is 14.7. The van der Waals surface area contributed by atoms with Crippen LogP contribution in [0.25, 0.3) is 0 Å². The first-order chi connectivity index (χ1) is 4.88. The molecule has 51 valence electrons. The fourth-order valence-electron chi connectivity index (χ4n) is 0.898. The van der Waals surface area contributed by atoms with Crippen molar-refractivity contribution >= 4 is 11.4 Å². The molecular formula is C6H6N3O. The maximum absolute atomic E-state index is 8.99. The van der Waals surface area contributed by atoms with E-state index in [1.54, 1.807) is 6.07 Å². The predicted molar refractivity (Wildman–Crippen MR) is 36.5 cm³/mol. The van der Waals surface area contributed by atoms with Gasteiger partial charge in [0.15, 0.2) is 0 Å². The van der Waals surface area contributed by atoms with E-state index in [2.05, 4.69) is 11.0 Å². The third-order valence-electron chi connectivity index (χ3n) is 1.38. The Morgan fingerprint density at radius 2 is 2.20 bits per heavy atom. The second-order valence-corrected chi connectivity index (χ2v) is 2.02. The van der Waals surface area contributed by atoms with Crippen LogP contribution in [0.5, 0.6) is 0 Å². The topological polar surface area (TPSA) is 49.6 Å². The second-order valence-electron chi connectivity index (χ2n) is 2.02. The first-order valence-electron chi connectivity index (χ1n) is 2.92. The molecule has 0 spiro atoms. The van der Waals surface area contributed by atoms with Crippen molar-refractivity contribution in [2.45, 2.75) is 0 Å². The molecule has 0 saturated heterocycles. The number of hydrogen-bond donors (Lipinski definition) is 2. The van der Waals surface area contributed by atoms with Gasteiger partial charge in [0.1, 0.15) is 5.69 Å². The molecule has 0 amide bonds. The molecule has 0 fully saturated rings. The number of para-hydroxylation sites is 2. The lowest BCUT2D eigenvalue weighted by molar-refractivity contribution is 0.226. The van der Waals surface area contributed by atoms with E-state index >= 15 is 0 Å². The van der Waals surface area contributed by atoms with E-state index in [0.717, 1.165) is 10.9 Å². The standard InChI is InChI=1S/C6H6N3O/c10-9-6-4-2-1-3-5(6)7-8-9/h1-4,7,10H. The summed E-state index contributed by atoms with van der Waals surface area (Å²) in [4.78, 5) is 0. The molecule has 1 aromatic rings. The lowest BCUT2D eigenvalue weighted by atomic mass is 10.3. The zero-order valence-electron chi connectivity index (χ0n) is 5.15. The first kappa shape index (κ1) is 5.52.